The van der Waals surface area contributed by atoms with Crippen LogP contribution >= 0.6 is 28.1 Å². The fourth-order valence-electron chi connectivity index (χ4n) is 3.07. The summed E-state index contributed by atoms with van der Waals surface area (Å²) in [5.74, 6) is 0.324. The molecule has 0 amide bonds. The zero-order chi connectivity index (χ0) is 15.1. The molecule has 1 unspecified atom stereocenters. The lowest BCUT2D eigenvalue weighted by Gasteiger charge is -2.20. The van der Waals surface area contributed by atoms with Crippen molar-refractivity contribution < 1.29 is 4.39 Å². The smallest absolute Gasteiger partial charge is 0.178 e. The Morgan fingerprint density at radius 1 is 1.48 bits per heavy atom. The third-order valence-electron chi connectivity index (χ3n) is 4.30. The van der Waals surface area contributed by atoms with E-state index in [1.54, 1.807) is 12.1 Å². The number of hydrogen-bond donors (Lipinski definition) is 1. The molecule has 0 aliphatic carbocycles. The maximum absolute atomic E-state index is 13.8. The number of hydrogen-bond acceptors (Lipinski definition) is 2. The van der Waals surface area contributed by atoms with Gasteiger partial charge in [-0.05, 0) is 66.9 Å². The summed E-state index contributed by atoms with van der Waals surface area (Å²) in [5, 5.41) is 0. The van der Waals surface area contributed by atoms with Crippen LogP contribution in [0.3, 0.4) is 0 Å². The van der Waals surface area contributed by atoms with Gasteiger partial charge in [0.15, 0.2) is 4.77 Å². The minimum absolute atomic E-state index is 0.250. The largest absolute Gasteiger partial charge is 0.331 e. The zero-order valence-electron chi connectivity index (χ0n) is 12.2. The molecule has 1 fully saturated rings. The van der Waals surface area contributed by atoms with Crippen molar-refractivity contribution in [1.82, 2.24) is 14.5 Å². The van der Waals surface area contributed by atoms with Crippen molar-refractivity contribution in [3.63, 3.8) is 0 Å². The van der Waals surface area contributed by atoms with Gasteiger partial charge in [-0.3, -0.25) is 0 Å². The Balaban J connectivity index is 1.89. The number of H-pyrrole nitrogens is 1. The quantitative estimate of drug-likeness (QED) is 0.811. The van der Waals surface area contributed by atoms with E-state index in [-0.39, 0.29) is 5.82 Å². The molecule has 2 heterocycles. The topological polar surface area (TPSA) is 24.0 Å². The Labute approximate surface area is 137 Å². The number of aromatic amines is 1. The molecule has 3 rings (SSSR count). The molecule has 1 saturated heterocycles. The monoisotopic (exact) mass is 371 g/mol. The van der Waals surface area contributed by atoms with Crippen LogP contribution in [0.25, 0.3) is 11.0 Å². The van der Waals surface area contributed by atoms with E-state index in [4.69, 9.17) is 12.2 Å². The maximum Gasteiger partial charge on any atom is 0.178 e. The summed E-state index contributed by atoms with van der Waals surface area (Å²) in [5.41, 5.74) is 1.73. The normalized spacial score (nSPS) is 20.0. The number of aromatic nitrogens is 2. The predicted octanol–water partition coefficient (Wildman–Crippen LogP) is 4.33. The van der Waals surface area contributed by atoms with Gasteiger partial charge in [-0.25, -0.2) is 4.39 Å². The first-order chi connectivity index (χ1) is 9.95. The fraction of sp³-hybridized carbons (Fsp3) is 0.533. The van der Waals surface area contributed by atoms with Crippen molar-refractivity contribution in [2.24, 2.45) is 5.92 Å². The van der Waals surface area contributed by atoms with Crippen LogP contribution in [0.4, 0.5) is 4.39 Å². The number of nitrogens with zero attached hydrogens (tertiary/aromatic N) is 2. The van der Waals surface area contributed by atoms with Crippen LogP contribution in [0.2, 0.25) is 0 Å². The summed E-state index contributed by atoms with van der Waals surface area (Å²) in [6, 6.07) is 3.90. The number of rotatable bonds is 3. The van der Waals surface area contributed by atoms with E-state index in [0.29, 0.717) is 21.2 Å². The van der Waals surface area contributed by atoms with Crippen molar-refractivity contribution in [3.05, 3.63) is 27.2 Å². The Hall–Kier alpha value is -0.720. The lowest BCUT2D eigenvalue weighted by atomic mass is 10.1. The van der Waals surface area contributed by atoms with Gasteiger partial charge in [0.2, 0.25) is 0 Å². The molecule has 0 bridgehead atoms. The highest BCUT2D eigenvalue weighted by molar-refractivity contribution is 9.10. The Morgan fingerprint density at radius 3 is 2.90 bits per heavy atom. The summed E-state index contributed by atoms with van der Waals surface area (Å²) >= 11 is 8.63. The van der Waals surface area contributed by atoms with E-state index in [1.807, 2.05) is 4.57 Å². The number of fused-ring (bicyclic) bond motifs is 1. The van der Waals surface area contributed by atoms with Gasteiger partial charge in [-0.15, -0.1) is 0 Å². The molecule has 1 aliphatic heterocycles. The van der Waals surface area contributed by atoms with Crippen LogP contribution in [0, 0.1) is 16.5 Å². The molecule has 1 N–H and O–H groups in total. The maximum atomic E-state index is 13.8. The van der Waals surface area contributed by atoms with Gasteiger partial charge in [0.1, 0.15) is 5.82 Å². The average molecular weight is 372 g/mol. The first-order valence-corrected chi connectivity index (χ1v) is 8.47. The molecule has 1 aliphatic rings. The highest BCUT2D eigenvalue weighted by atomic mass is 79.9. The Bertz CT molecular complexity index is 722. The molecule has 1 aromatic heterocycles. The fourth-order valence-corrected chi connectivity index (χ4v) is 3.70. The van der Waals surface area contributed by atoms with Crippen molar-refractivity contribution in [3.8, 4) is 0 Å². The number of likely N-dealkylation sites (tertiary alicyclic amines) is 1. The summed E-state index contributed by atoms with van der Waals surface area (Å²) in [6.07, 6.45) is 1.17. The molecule has 1 atom stereocenters. The summed E-state index contributed by atoms with van der Waals surface area (Å²) < 4.78 is 17.0. The van der Waals surface area contributed by atoms with Crippen LogP contribution in [0.5, 0.6) is 0 Å². The second-order valence-corrected chi connectivity index (χ2v) is 7.31. The molecule has 0 saturated carbocycles. The highest BCUT2D eigenvalue weighted by Crippen LogP contribution is 2.26. The molecule has 1 aromatic carbocycles. The molecule has 6 heteroatoms. The van der Waals surface area contributed by atoms with Gasteiger partial charge in [0.25, 0.3) is 0 Å². The van der Waals surface area contributed by atoms with Crippen LogP contribution in [-0.2, 0) is 6.54 Å². The van der Waals surface area contributed by atoms with E-state index in [0.717, 1.165) is 30.7 Å². The predicted molar refractivity (Wildman–Crippen MR) is 89.6 cm³/mol. The van der Waals surface area contributed by atoms with Crippen molar-refractivity contribution in [2.45, 2.75) is 32.9 Å². The van der Waals surface area contributed by atoms with Crippen molar-refractivity contribution >= 4 is 39.2 Å². The molecule has 21 heavy (non-hydrogen) atoms. The van der Waals surface area contributed by atoms with Crippen LogP contribution in [0.1, 0.15) is 20.3 Å². The van der Waals surface area contributed by atoms with Crippen LogP contribution in [-0.4, -0.2) is 33.6 Å². The number of halogens is 2. The van der Waals surface area contributed by atoms with Crippen molar-refractivity contribution in [2.75, 3.05) is 13.1 Å². The highest BCUT2D eigenvalue weighted by Gasteiger charge is 2.25. The van der Waals surface area contributed by atoms with Gasteiger partial charge in [0, 0.05) is 25.2 Å². The number of benzene rings is 1. The van der Waals surface area contributed by atoms with Gasteiger partial charge in [-0.2, -0.15) is 0 Å². The van der Waals surface area contributed by atoms with E-state index in [9.17, 15) is 4.39 Å². The van der Waals surface area contributed by atoms with Gasteiger partial charge >= 0.3 is 0 Å². The Kier molecular flexibility index (Phi) is 4.21. The molecular weight excluding hydrogens is 353 g/mol. The molecule has 3 nitrogen and oxygen atoms in total. The first kappa shape index (κ1) is 15.2. The zero-order valence-corrected chi connectivity index (χ0v) is 14.6. The standard InChI is InChI=1S/C15H19BrFN3S/c1-9(2)19-4-3-10(7-19)8-20-14-6-12(17)11(16)5-13(14)18-15(20)21/h5-6,9-10H,3-4,7-8H2,1-2H3,(H,18,21). The summed E-state index contributed by atoms with van der Waals surface area (Å²) in [6.45, 7) is 7.53. The molecule has 0 radical (unpaired) electrons. The number of nitrogens with one attached hydrogen (secondary N) is 1. The third-order valence-corrected chi connectivity index (χ3v) is 5.23. The second-order valence-electron chi connectivity index (χ2n) is 6.07. The van der Waals surface area contributed by atoms with Crippen LogP contribution < -0.4 is 0 Å². The van der Waals surface area contributed by atoms with Gasteiger partial charge in [-0.1, -0.05) is 0 Å². The lowest BCUT2D eigenvalue weighted by Crippen LogP contribution is -2.28. The first-order valence-electron chi connectivity index (χ1n) is 7.27. The van der Waals surface area contributed by atoms with Crippen LogP contribution in [0.15, 0.2) is 16.6 Å². The van der Waals surface area contributed by atoms with Gasteiger partial charge < -0.3 is 14.5 Å². The number of imidazole rings is 1. The second kappa shape index (κ2) is 5.82. The average Bonchev–Trinajstić information content (AvgIpc) is 2.98. The molecule has 0 spiro atoms. The van der Waals surface area contributed by atoms with E-state index in [1.165, 1.54) is 6.42 Å². The Morgan fingerprint density at radius 2 is 2.24 bits per heavy atom. The third kappa shape index (κ3) is 2.94. The minimum atomic E-state index is -0.250. The molecule has 114 valence electrons. The van der Waals surface area contributed by atoms with E-state index >= 15 is 0 Å². The van der Waals surface area contributed by atoms with E-state index < -0.39 is 0 Å². The van der Waals surface area contributed by atoms with Crippen molar-refractivity contribution in [1.29, 1.82) is 0 Å². The SMILES string of the molecule is CC(C)N1CCC(Cn2c(=S)[nH]c3cc(Br)c(F)cc32)C1. The lowest BCUT2D eigenvalue weighted by molar-refractivity contribution is 0.261. The van der Waals surface area contributed by atoms with E-state index in [2.05, 4.69) is 39.7 Å². The molecule has 2 aromatic rings. The summed E-state index contributed by atoms with van der Waals surface area (Å²) in [4.78, 5) is 5.66. The van der Waals surface area contributed by atoms with Gasteiger partial charge in [0.05, 0.1) is 15.5 Å². The molecular formula is C15H19BrFN3S. The minimum Gasteiger partial charge on any atom is -0.331 e. The summed E-state index contributed by atoms with van der Waals surface area (Å²) in [7, 11) is 0.